The van der Waals surface area contributed by atoms with E-state index >= 15 is 0 Å². The quantitative estimate of drug-likeness (QED) is 0.735. The van der Waals surface area contributed by atoms with Gasteiger partial charge in [0.15, 0.2) is 0 Å². The number of ether oxygens (including phenoxy) is 1. The molecule has 1 aromatic carbocycles. The molecule has 0 fully saturated rings. The summed E-state index contributed by atoms with van der Waals surface area (Å²) in [7, 11) is 1.50. The Bertz CT molecular complexity index is 775. The fourth-order valence-electron chi connectivity index (χ4n) is 3.61. The molecular formula is C21H26N2O3S. The van der Waals surface area contributed by atoms with Crippen molar-refractivity contribution in [1.29, 1.82) is 0 Å². The maximum absolute atomic E-state index is 13.2. The molecule has 1 aliphatic rings. The molecule has 2 aromatic rings. The second-order valence-corrected chi connectivity index (χ2v) is 7.70. The minimum Gasteiger partial charge on any atom is -0.375 e. The van der Waals surface area contributed by atoms with E-state index in [0.717, 1.165) is 18.4 Å². The highest BCUT2D eigenvalue weighted by molar-refractivity contribution is 7.10. The topological polar surface area (TPSA) is 49.9 Å². The van der Waals surface area contributed by atoms with Gasteiger partial charge in [0.25, 0.3) is 0 Å². The zero-order valence-electron chi connectivity index (χ0n) is 15.9. The number of benzene rings is 1. The van der Waals surface area contributed by atoms with Gasteiger partial charge in [-0.1, -0.05) is 37.3 Å². The zero-order valence-corrected chi connectivity index (χ0v) is 16.7. The van der Waals surface area contributed by atoms with Crippen molar-refractivity contribution in [2.75, 3.05) is 33.4 Å². The Morgan fingerprint density at radius 1 is 1.26 bits per heavy atom. The van der Waals surface area contributed by atoms with Crippen LogP contribution < -0.4 is 0 Å². The standard InChI is InChI=1S/C21H26N2O3S/c1-3-11-22(20(25)15-26-2)14-19(24)23-12-9-18-17(10-13-27-18)21(23)16-7-5-4-6-8-16/h4-8,10,13,21H,3,9,11-12,14-15H2,1-2H3/t21-/m1/s1. The SMILES string of the molecule is CCCN(CC(=O)N1CCc2sccc2[C@H]1c1ccccc1)C(=O)COC. The second kappa shape index (κ2) is 9.15. The van der Waals surface area contributed by atoms with E-state index < -0.39 is 0 Å². The molecule has 2 amide bonds. The number of amides is 2. The smallest absolute Gasteiger partial charge is 0.249 e. The van der Waals surface area contributed by atoms with Crippen LogP contribution in [0, 0.1) is 0 Å². The summed E-state index contributed by atoms with van der Waals surface area (Å²) in [6, 6.07) is 12.2. The first-order valence-electron chi connectivity index (χ1n) is 9.33. The Hall–Kier alpha value is -2.18. The summed E-state index contributed by atoms with van der Waals surface area (Å²) in [5.74, 6) is -0.157. The van der Waals surface area contributed by atoms with E-state index in [-0.39, 0.29) is 31.0 Å². The van der Waals surface area contributed by atoms with Crippen LogP contribution in [0.15, 0.2) is 41.8 Å². The third-order valence-electron chi connectivity index (χ3n) is 4.84. The lowest BCUT2D eigenvalue weighted by molar-refractivity contribution is -0.143. The largest absolute Gasteiger partial charge is 0.375 e. The fourth-order valence-corrected chi connectivity index (χ4v) is 4.51. The van der Waals surface area contributed by atoms with E-state index in [1.807, 2.05) is 30.0 Å². The third kappa shape index (κ3) is 4.39. The number of methoxy groups -OCH3 is 1. The normalized spacial score (nSPS) is 16.1. The maximum Gasteiger partial charge on any atom is 0.249 e. The van der Waals surface area contributed by atoms with E-state index in [1.165, 1.54) is 17.6 Å². The molecule has 0 unspecified atom stereocenters. The number of hydrogen-bond acceptors (Lipinski definition) is 4. The first-order valence-corrected chi connectivity index (χ1v) is 10.2. The van der Waals surface area contributed by atoms with Gasteiger partial charge < -0.3 is 14.5 Å². The summed E-state index contributed by atoms with van der Waals surface area (Å²) in [5, 5.41) is 2.10. The Balaban J connectivity index is 1.85. The molecule has 0 radical (unpaired) electrons. The summed E-state index contributed by atoms with van der Waals surface area (Å²) in [6.07, 6.45) is 1.67. The molecule has 0 N–H and O–H groups in total. The lowest BCUT2D eigenvalue weighted by Crippen LogP contribution is -2.47. The molecular weight excluding hydrogens is 360 g/mol. The van der Waals surface area contributed by atoms with Gasteiger partial charge in [-0.2, -0.15) is 0 Å². The van der Waals surface area contributed by atoms with Crippen molar-refractivity contribution < 1.29 is 14.3 Å². The van der Waals surface area contributed by atoms with Gasteiger partial charge in [-0.05, 0) is 35.4 Å². The summed E-state index contributed by atoms with van der Waals surface area (Å²) in [4.78, 5) is 30.4. The van der Waals surface area contributed by atoms with Crippen molar-refractivity contribution in [2.45, 2.75) is 25.8 Å². The molecule has 0 saturated carbocycles. The van der Waals surface area contributed by atoms with Crippen molar-refractivity contribution in [3.8, 4) is 0 Å². The lowest BCUT2D eigenvalue weighted by Gasteiger charge is -2.37. The third-order valence-corrected chi connectivity index (χ3v) is 5.84. The fraction of sp³-hybridized carbons (Fsp3) is 0.429. The molecule has 5 nitrogen and oxygen atoms in total. The van der Waals surface area contributed by atoms with Gasteiger partial charge in [-0.25, -0.2) is 0 Å². The van der Waals surface area contributed by atoms with Gasteiger partial charge in [0, 0.05) is 25.1 Å². The Morgan fingerprint density at radius 3 is 2.74 bits per heavy atom. The van der Waals surface area contributed by atoms with E-state index in [9.17, 15) is 9.59 Å². The van der Waals surface area contributed by atoms with Crippen LogP contribution in [0.25, 0.3) is 0 Å². The molecule has 0 aliphatic carbocycles. The van der Waals surface area contributed by atoms with Gasteiger partial charge in [-0.3, -0.25) is 9.59 Å². The Morgan fingerprint density at radius 2 is 2.04 bits per heavy atom. The van der Waals surface area contributed by atoms with Crippen LogP contribution in [-0.4, -0.2) is 55.0 Å². The van der Waals surface area contributed by atoms with Gasteiger partial charge >= 0.3 is 0 Å². The number of rotatable bonds is 7. The predicted octanol–water partition coefficient (Wildman–Crippen LogP) is 3.11. The highest BCUT2D eigenvalue weighted by Gasteiger charge is 2.33. The molecule has 6 heteroatoms. The number of carbonyl (C=O) groups is 2. The van der Waals surface area contributed by atoms with Crippen LogP contribution in [0.4, 0.5) is 0 Å². The first-order chi connectivity index (χ1) is 13.2. The monoisotopic (exact) mass is 386 g/mol. The van der Waals surface area contributed by atoms with Gasteiger partial charge in [0.05, 0.1) is 12.6 Å². The molecule has 0 bridgehead atoms. The van der Waals surface area contributed by atoms with E-state index in [2.05, 4.69) is 23.6 Å². The van der Waals surface area contributed by atoms with Crippen molar-refractivity contribution in [3.63, 3.8) is 0 Å². The number of thiophene rings is 1. The molecule has 144 valence electrons. The molecule has 1 atom stereocenters. The van der Waals surface area contributed by atoms with Crippen LogP contribution in [0.2, 0.25) is 0 Å². The molecule has 0 spiro atoms. The van der Waals surface area contributed by atoms with Crippen molar-refractivity contribution in [1.82, 2.24) is 9.80 Å². The molecule has 27 heavy (non-hydrogen) atoms. The van der Waals surface area contributed by atoms with Gasteiger partial charge in [-0.15, -0.1) is 11.3 Å². The van der Waals surface area contributed by atoms with Gasteiger partial charge in [0.2, 0.25) is 11.8 Å². The van der Waals surface area contributed by atoms with E-state index in [0.29, 0.717) is 13.1 Å². The van der Waals surface area contributed by atoms with E-state index in [1.54, 1.807) is 16.2 Å². The van der Waals surface area contributed by atoms with Crippen LogP contribution in [-0.2, 0) is 20.7 Å². The van der Waals surface area contributed by atoms with Crippen molar-refractivity contribution >= 4 is 23.2 Å². The minimum absolute atomic E-state index is 0.00404. The number of hydrogen-bond donors (Lipinski definition) is 0. The summed E-state index contributed by atoms with van der Waals surface area (Å²) in [6.45, 7) is 3.33. The highest BCUT2D eigenvalue weighted by atomic mass is 32.1. The first kappa shape index (κ1) is 19.6. The summed E-state index contributed by atoms with van der Waals surface area (Å²) in [5.41, 5.74) is 2.31. The van der Waals surface area contributed by atoms with Crippen LogP contribution in [0.3, 0.4) is 0 Å². The zero-order chi connectivity index (χ0) is 19.2. The molecule has 0 saturated heterocycles. The van der Waals surface area contributed by atoms with E-state index in [4.69, 9.17) is 4.74 Å². The molecule has 3 rings (SSSR count). The Labute approximate surface area is 164 Å². The maximum atomic E-state index is 13.2. The molecule has 1 aliphatic heterocycles. The predicted molar refractivity (Wildman–Crippen MR) is 107 cm³/mol. The second-order valence-electron chi connectivity index (χ2n) is 6.70. The van der Waals surface area contributed by atoms with Gasteiger partial charge in [0.1, 0.15) is 6.61 Å². The lowest BCUT2D eigenvalue weighted by atomic mass is 9.93. The van der Waals surface area contributed by atoms with Crippen LogP contribution >= 0.6 is 11.3 Å². The van der Waals surface area contributed by atoms with Crippen molar-refractivity contribution in [2.24, 2.45) is 0 Å². The van der Waals surface area contributed by atoms with Crippen LogP contribution in [0.5, 0.6) is 0 Å². The average Bonchev–Trinajstić information content (AvgIpc) is 3.16. The number of nitrogens with zero attached hydrogens (tertiary/aromatic N) is 2. The van der Waals surface area contributed by atoms with Crippen molar-refractivity contribution in [3.05, 3.63) is 57.8 Å². The highest BCUT2D eigenvalue weighted by Crippen LogP contribution is 2.37. The average molecular weight is 387 g/mol. The molecule has 1 aromatic heterocycles. The summed E-state index contributed by atoms with van der Waals surface area (Å²) >= 11 is 1.75. The number of carbonyl (C=O) groups excluding carboxylic acids is 2. The number of fused-ring (bicyclic) bond motifs is 1. The minimum atomic E-state index is -0.141. The Kier molecular flexibility index (Phi) is 6.63. The molecule has 2 heterocycles. The summed E-state index contributed by atoms with van der Waals surface area (Å²) < 4.78 is 4.97. The van der Waals surface area contributed by atoms with Crippen LogP contribution in [0.1, 0.15) is 35.4 Å².